The Balaban J connectivity index is 1.48. The second-order valence-electron chi connectivity index (χ2n) is 6.50. The maximum atomic E-state index is 11.8. The molecule has 0 spiro atoms. The largest absolute Gasteiger partial charge is 0.493 e. The number of ether oxygens (including phenoxy) is 2. The topological polar surface area (TPSA) is 73.3 Å². The summed E-state index contributed by atoms with van der Waals surface area (Å²) in [5.74, 6) is 3.13. The molecular weight excluding hydrogens is 306 g/mol. The molecule has 2 heterocycles. The molecule has 0 bridgehead atoms. The second-order valence-corrected chi connectivity index (χ2v) is 6.50. The summed E-state index contributed by atoms with van der Waals surface area (Å²) in [4.78, 5) is 20.0. The van der Waals surface area contributed by atoms with Gasteiger partial charge in [0.1, 0.15) is 23.6 Å². The first-order valence-electron chi connectivity index (χ1n) is 8.24. The van der Waals surface area contributed by atoms with Crippen LogP contribution in [-0.2, 0) is 11.2 Å². The Bertz CT molecular complexity index is 774. The average Bonchev–Trinajstić information content (AvgIpc) is 3.40. The van der Waals surface area contributed by atoms with Crippen LogP contribution < -0.4 is 14.8 Å². The van der Waals surface area contributed by atoms with Gasteiger partial charge in [0.05, 0.1) is 6.61 Å². The highest BCUT2D eigenvalue weighted by molar-refractivity contribution is 5.93. The third kappa shape index (κ3) is 3.32. The number of hydrogen-bond donors (Lipinski definition) is 1. The monoisotopic (exact) mass is 325 g/mol. The smallest absolute Gasteiger partial charge is 0.228 e. The second kappa shape index (κ2) is 6.11. The summed E-state index contributed by atoms with van der Waals surface area (Å²) >= 11 is 0. The molecular formula is C18H19N3O3. The Labute approximate surface area is 140 Å². The normalized spacial score (nSPS) is 19.1. The van der Waals surface area contributed by atoms with Crippen molar-refractivity contribution in [1.82, 2.24) is 9.97 Å². The summed E-state index contributed by atoms with van der Waals surface area (Å²) in [5.41, 5.74) is 1.14. The van der Waals surface area contributed by atoms with Crippen LogP contribution in [0.5, 0.6) is 17.4 Å². The van der Waals surface area contributed by atoms with Gasteiger partial charge in [0.15, 0.2) is 0 Å². The molecule has 1 saturated carbocycles. The average molecular weight is 325 g/mol. The minimum absolute atomic E-state index is 0.0135. The fourth-order valence-electron chi connectivity index (χ4n) is 2.74. The highest BCUT2D eigenvalue weighted by Crippen LogP contribution is 2.33. The van der Waals surface area contributed by atoms with Crippen molar-refractivity contribution >= 4 is 11.7 Å². The fraction of sp³-hybridized carbons (Fsp3) is 0.389. The van der Waals surface area contributed by atoms with E-state index >= 15 is 0 Å². The number of rotatable bonds is 4. The number of carbonyl (C=O) groups is 1. The van der Waals surface area contributed by atoms with Crippen molar-refractivity contribution in [2.24, 2.45) is 11.8 Å². The van der Waals surface area contributed by atoms with Crippen molar-refractivity contribution in [1.29, 1.82) is 0 Å². The molecule has 0 saturated heterocycles. The first-order valence-corrected chi connectivity index (χ1v) is 8.24. The third-order valence-corrected chi connectivity index (χ3v) is 4.19. The Morgan fingerprint density at radius 1 is 1.29 bits per heavy atom. The molecule has 1 atom stereocenters. The van der Waals surface area contributed by atoms with Crippen LogP contribution in [0.15, 0.2) is 30.6 Å². The SMILES string of the molecule is CC1COc2ccc(Oc3cc(NC(=O)C4CC4)ncn3)cc2C1. The minimum Gasteiger partial charge on any atom is -0.493 e. The van der Waals surface area contributed by atoms with Gasteiger partial charge in [-0.25, -0.2) is 9.97 Å². The molecule has 6 nitrogen and oxygen atoms in total. The van der Waals surface area contributed by atoms with Gasteiger partial charge in [-0.05, 0) is 48.9 Å². The van der Waals surface area contributed by atoms with Gasteiger partial charge in [0, 0.05) is 12.0 Å². The van der Waals surface area contributed by atoms with Crippen LogP contribution in [0.1, 0.15) is 25.3 Å². The molecule has 6 heteroatoms. The third-order valence-electron chi connectivity index (χ3n) is 4.19. The number of nitrogens with one attached hydrogen (secondary N) is 1. The Hall–Kier alpha value is -2.63. The number of hydrogen-bond acceptors (Lipinski definition) is 5. The van der Waals surface area contributed by atoms with E-state index in [1.54, 1.807) is 6.07 Å². The quantitative estimate of drug-likeness (QED) is 0.934. The van der Waals surface area contributed by atoms with Crippen LogP contribution in [0.4, 0.5) is 5.82 Å². The Morgan fingerprint density at radius 3 is 3.00 bits per heavy atom. The lowest BCUT2D eigenvalue weighted by molar-refractivity contribution is -0.117. The summed E-state index contributed by atoms with van der Waals surface area (Å²) in [6, 6.07) is 7.40. The number of benzene rings is 1. The van der Waals surface area contributed by atoms with Crippen molar-refractivity contribution in [3.63, 3.8) is 0 Å². The van der Waals surface area contributed by atoms with Gasteiger partial charge in [0.25, 0.3) is 0 Å². The molecule has 4 rings (SSSR count). The lowest BCUT2D eigenvalue weighted by Gasteiger charge is -2.22. The van der Waals surface area contributed by atoms with Gasteiger partial charge in [-0.2, -0.15) is 0 Å². The molecule has 1 aliphatic carbocycles. The molecule has 2 aliphatic rings. The maximum absolute atomic E-state index is 11.8. The Kier molecular flexibility index (Phi) is 3.80. The molecule has 1 fully saturated rings. The molecule has 1 aliphatic heterocycles. The van der Waals surface area contributed by atoms with E-state index in [1.165, 1.54) is 6.33 Å². The number of anilines is 1. The standard InChI is InChI=1S/C18H19N3O3/c1-11-6-13-7-14(4-5-15(13)23-9-11)24-17-8-16(19-10-20-17)21-18(22)12-2-3-12/h4-5,7-8,10-12H,2-3,6,9H2,1H3,(H,19,20,21,22). The molecule has 1 aromatic carbocycles. The zero-order valence-electron chi connectivity index (χ0n) is 13.5. The first kappa shape index (κ1) is 14.9. The predicted molar refractivity (Wildman–Crippen MR) is 88.3 cm³/mol. The first-order chi connectivity index (χ1) is 11.7. The van der Waals surface area contributed by atoms with Gasteiger partial charge in [-0.15, -0.1) is 0 Å². The summed E-state index contributed by atoms with van der Waals surface area (Å²) in [5, 5.41) is 2.80. The van der Waals surface area contributed by atoms with Gasteiger partial charge in [0.2, 0.25) is 11.8 Å². The van der Waals surface area contributed by atoms with Crippen LogP contribution in [-0.4, -0.2) is 22.5 Å². The van der Waals surface area contributed by atoms with E-state index in [4.69, 9.17) is 9.47 Å². The summed E-state index contributed by atoms with van der Waals surface area (Å²) in [6.45, 7) is 2.92. The van der Waals surface area contributed by atoms with Crippen LogP contribution in [0.3, 0.4) is 0 Å². The van der Waals surface area contributed by atoms with E-state index < -0.39 is 0 Å². The molecule has 1 aromatic heterocycles. The number of amides is 1. The van der Waals surface area contributed by atoms with Crippen LogP contribution in [0.2, 0.25) is 0 Å². The predicted octanol–water partition coefficient (Wildman–Crippen LogP) is 3.19. The lowest BCUT2D eigenvalue weighted by atomic mass is 9.98. The van der Waals surface area contributed by atoms with Crippen LogP contribution in [0, 0.1) is 11.8 Å². The van der Waals surface area contributed by atoms with Crippen LogP contribution in [0.25, 0.3) is 0 Å². The summed E-state index contributed by atoms with van der Waals surface area (Å²) in [6.07, 6.45) is 4.27. The number of carbonyl (C=O) groups excluding carboxylic acids is 1. The lowest BCUT2D eigenvalue weighted by Crippen LogP contribution is -2.17. The van der Waals surface area contributed by atoms with E-state index in [-0.39, 0.29) is 11.8 Å². The molecule has 124 valence electrons. The maximum Gasteiger partial charge on any atom is 0.228 e. The summed E-state index contributed by atoms with van der Waals surface area (Å²) < 4.78 is 11.5. The van der Waals surface area contributed by atoms with Gasteiger partial charge in [-0.1, -0.05) is 6.92 Å². The van der Waals surface area contributed by atoms with Gasteiger partial charge in [-0.3, -0.25) is 4.79 Å². The van der Waals surface area contributed by atoms with Crippen molar-refractivity contribution in [3.05, 3.63) is 36.2 Å². The van der Waals surface area contributed by atoms with E-state index in [2.05, 4.69) is 22.2 Å². The zero-order chi connectivity index (χ0) is 16.5. The highest BCUT2D eigenvalue weighted by atomic mass is 16.5. The van der Waals surface area contributed by atoms with Gasteiger partial charge >= 0.3 is 0 Å². The number of fused-ring (bicyclic) bond motifs is 1. The van der Waals surface area contributed by atoms with Crippen LogP contribution >= 0.6 is 0 Å². The van der Waals surface area contributed by atoms with Crippen molar-refractivity contribution in [2.75, 3.05) is 11.9 Å². The van der Waals surface area contributed by atoms with E-state index in [1.807, 2.05) is 18.2 Å². The van der Waals surface area contributed by atoms with E-state index in [0.717, 1.165) is 37.2 Å². The summed E-state index contributed by atoms with van der Waals surface area (Å²) in [7, 11) is 0. The van der Waals surface area contributed by atoms with E-state index in [9.17, 15) is 4.79 Å². The van der Waals surface area contributed by atoms with Crippen molar-refractivity contribution in [2.45, 2.75) is 26.2 Å². The molecule has 0 radical (unpaired) electrons. The molecule has 1 amide bonds. The molecule has 1 unspecified atom stereocenters. The Morgan fingerprint density at radius 2 is 2.17 bits per heavy atom. The highest BCUT2D eigenvalue weighted by Gasteiger charge is 2.29. The molecule has 24 heavy (non-hydrogen) atoms. The number of nitrogens with zero attached hydrogens (tertiary/aromatic N) is 2. The minimum atomic E-state index is 0.0135. The fourth-order valence-corrected chi connectivity index (χ4v) is 2.74. The van der Waals surface area contributed by atoms with Crippen molar-refractivity contribution < 1.29 is 14.3 Å². The zero-order valence-corrected chi connectivity index (χ0v) is 13.5. The molecule has 2 aromatic rings. The van der Waals surface area contributed by atoms with Crippen molar-refractivity contribution in [3.8, 4) is 17.4 Å². The number of aromatic nitrogens is 2. The van der Waals surface area contributed by atoms with Gasteiger partial charge < -0.3 is 14.8 Å². The molecule has 1 N–H and O–H groups in total. The van der Waals surface area contributed by atoms with E-state index in [0.29, 0.717) is 23.4 Å².